The first-order valence-electron chi connectivity index (χ1n) is 9.92. The van der Waals surface area contributed by atoms with Crippen molar-refractivity contribution >= 4 is 23.1 Å². The number of esters is 2. The molecule has 0 atom stereocenters. The predicted octanol–water partition coefficient (Wildman–Crippen LogP) is 1.68. The fourth-order valence-electron chi connectivity index (χ4n) is 3.77. The number of ether oxygens (including phenoxy) is 3. The zero-order chi connectivity index (χ0) is 21.4. The van der Waals surface area contributed by atoms with Crippen LogP contribution in [0.4, 0.5) is 0 Å². The molecular formula is C25H18O6. The summed E-state index contributed by atoms with van der Waals surface area (Å²) in [6.07, 6.45) is 0.546. The minimum Gasteiger partial charge on any atom is -0.494 e. The highest BCUT2D eigenvalue weighted by molar-refractivity contribution is 6.21. The van der Waals surface area contributed by atoms with E-state index in [1.54, 1.807) is 36.4 Å². The van der Waals surface area contributed by atoms with E-state index >= 15 is 0 Å². The van der Waals surface area contributed by atoms with Gasteiger partial charge in [-0.05, 0) is 35.4 Å². The van der Waals surface area contributed by atoms with Crippen molar-refractivity contribution in [1.29, 1.82) is 0 Å². The van der Waals surface area contributed by atoms with Crippen LogP contribution in [0.25, 0.3) is 11.1 Å². The third-order valence-corrected chi connectivity index (χ3v) is 5.21. The molecule has 3 aromatic carbocycles. The maximum atomic E-state index is 12.6. The van der Waals surface area contributed by atoms with E-state index in [1.807, 2.05) is 30.3 Å². The van der Waals surface area contributed by atoms with Gasteiger partial charge in [0.05, 0.1) is 17.8 Å². The van der Waals surface area contributed by atoms with Crippen molar-refractivity contribution in [2.75, 3.05) is 13.2 Å². The molecule has 5 rings (SSSR count). The van der Waals surface area contributed by atoms with Crippen molar-refractivity contribution in [3.05, 3.63) is 88.3 Å². The van der Waals surface area contributed by atoms with E-state index in [0.29, 0.717) is 57.4 Å². The second kappa shape index (κ2) is 7.74. The molecule has 0 unspecified atom stereocenters. The third kappa shape index (κ3) is 3.37. The molecule has 154 valence electrons. The van der Waals surface area contributed by atoms with Crippen molar-refractivity contribution in [2.24, 2.45) is 0 Å². The van der Waals surface area contributed by atoms with Crippen molar-refractivity contribution < 1.29 is 28.9 Å². The SMILES string of the molecule is O=C1Oc2cc3c(cc2=C1c1ccccc1)OC(=O)C=3c1ccc(OCCCO)cc1. The van der Waals surface area contributed by atoms with Gasteiger partial charge in [0, 0.05) is 23.5 Å². The molecular weight excluding hydrogens is 396 g/mol. The Labute approximate surface area is 177 Å². The summed E-state index contributed by atoms with van der Waals surface area (Å²) in [4.78, 5) is 25.2. The molecule has 0 aromatic heterocycles. The second-order valence-electron chi connectivity index (χ2n) is 7.19. The summed E-state index contributed by atoms with van der Waals surface area (Å²) in [5.74, 6) is 0.563. The number of hydrogen-bond donors (Lipinski definition) is 1. The molecule has 6 nitrogen and oxygen atoms in total. The molecule has 0 aliphatic carbocycles. The summed E-state index contributed by atoms with van der Waals surface area (Å²) in [6, 6.07) is 19.7. The van der Waals surface area contributed by atoms with Gasteiger partial charge >= 0.3 is 11.9 Å². The fraction of sp³-hybridized carbons (Fsp3) is 0.120. The Hall–Kier alpha value is -3.90. The Bertz CT molecular complexity index is 1310. The van der Waals surface area contributed by atoms with Crippen LogP contribution in [0.5, 0.6) is 17.2 Å². The van der Waals surface area contributed by atoms with Crippen LogP contribution in [-0.4, -0.2) is 30.3 Å². The van der Waals surface area contributed by atoms with Crippen molar-refractivity contribution in [1.82, 2.24) is 0 Å². The Morgan fingerprint density at radius 3 is 1.84 bits per heavy atom. The van der Waals surface area contributed by atoms with Crippen LogP contribution in [0.15, 0.2) is 66.7 Å². The van der Waals surface area contributed by atoms with Crippen LogP contribution >= 0.6 is 0 Å². The molecule has 2 aliphatic rings. The molecule has 2 heterocycles. The molecule has 1 N–H and O–H groups in total. The summed E-state index contributed by atoms with van der Waals surface area (Å²) < 4.78 is 16.5. The largest absolute Gasteiger partial charge is 0.494 e. The molecule has 0 saturated heterocycles. The number of fused-ring (bicyclic) bond motifs is 2. The van der Waals surface area contributed by atoms with Gasteiger partial charge in [0.2, 0.25) is 0 Å². The van der Waals surface area contributed by atoms with Gasteiger partial charge in [0.15, 0.2) is 0 Å². The average Bonchev–Trinajstić information content (AvgIpc) is 3.27. The summed E-state index contributed by atoms with van der Waals surface area (Å²) in [5.41, 5.74) is 2.28. The van der Waals surface area contributed by atoms with Gasteiger partial charge in [-0.25, -0.2) is 9.59 Å². The standard InChI is InChI=1S/C25H18O6/c26-11-4-12-29-17-9-7-16(8-10-17)23-19-14-20-18(13-21(19)31-25(23)28)22(24(27)30-20)15-5-2-1-3-6-15/h1-3,5-10,13-14,26H,4,11-12H2. The normalized spacial score (nSPS) is 14.2. The van der Waals surface area contributed by atoms with Gasteiger partial charge in [0.25, 0.3) is 0 Å². The second-order valence-corrected chi connectivity index (χ2v) is 7.19. The van der Waals surface area contributed by atoms with Gasteiger partial charge in [0.1, 0.15) is 17.2 Å². The van der Waals surface area contributed by atoms with E-state index in [1.165, 1.54) is 0 Å². The van der Waals surface area contributed by atoms with Gasteiger partial charge in [-0.2, -0.15) is 0 Å². The highest BCUT2D eigenvalue weighted by Gasteiger charge is 2.30. The molecule has 0 spiro atoms. The Balaban J connectivity index is 1.59. The van der Waals surface area contributed by atoms with Crippen molar-refractivity contribution in [3.63, 3.8) is 0 Å². The molecule has 0 fully saturated rings. The van der Waals surface area contributed by atoms with Crippen molar-refractivity contribution in [2.45, 2.75) is 6.42 Å². The number of carbonyl (C=O) groups is 2. The first-order chi connectivity index (χ1) is 15.2. The van der Waals surface area contributed by atoms with E-state index < -0.39 is 11.9 Å². The van der Waals surface area contributed by atoms with Crippen LogP contribution in [-0.2, 0) is 9.59 Å². The van der Waals surface area contributed by atoms with Crippen molar-refractivity contribution in [3.8, 4) is 17.2 Å². The highest BCUT2D eigenvalue weighted by Crippen LogP contribution is 2.27. The summed E-state index contributed by atoms with van der Waals surface area (Å²) in [5, 5.41) is 10.0. The van der Waals surface area contributed by atoms with Gasteiger partial charge in [-0.15, -0.1) is 0 Å². The molecule has 6 heteroatoms. The van der Waals surface area contributed by atoms with Crippen LogP contribution in [0.1, 0.15) is 17.5 Å². The quantitative estimate of drug-likeness (QED) is 0.376. The number of carbonyl (C=O) groups excluding carboxylic acids is 2. The first kappa shape index (κ1) is 19.1. The van der Waals surface area contributed by atoms with E-state index in [2.05, 4.69) is 0 Å². The minimum absolute atomic E-state index is 0.0664. The molecule has 3 aromatic rings. The fourth-order valence-corrected chi connectivity index (χ4v) is 3.77. The molecule has 0 amide bonds. The number of benzene rings is 3. The van der Waals surface area contributed by atoms with E-state index in [-0.39, 0.29) is 6.61 Å². The number of aliphatic hydroxyl groups is 1. The van der Waals surface area contributed by atoms with Gasteiger partial charge < -0.3 is 19.3 Å². The molecule has 2 aliphatic heterocycles. The summed E-state index contributed by atoms with van der Waals surface area (Å²) >= 11 is 0. The average molecular weight is 414 g/mol. The molecule has 0 bridgehead atoms. The van der Waals surface area contributed by atoms with Gasteiger partial charge in [-0.3, -0.25) is 0 Å². The zero-order valence-corrected chi connectivity index (χ0v) is 16.5. The lowest BCUT2D eigenvalue weighted by Crippen LogP contribution is -2.11. The monoisotopic (exact) mass is 414 g/mol. The number of aliphatic hydroxyl groups excluding tert-OH is 1. The molecule has 0 radical (unpaired) electrons. The van der Waals surface area contributed by atoms with E-state index in [0.717, 1.165) is 5.56 Å². The topological polar surface area (TPSA) is 82.1 Å². The lowest BCUT2D eigenvalue weighted by molar-refractivity contribution is -0.128. The Morgan fingerprint density at radius 2 is 1.29 bits per heavy atom. The van der Waals surface area contributed by atoms with Crippen LogP contribution in [0, 0.1) is 0 Å². The lowest BCUT2D eigenvalue weighted by Gasteiger charge is -2.06. The first-order valence-corrected chi connectivity index (χ1v) is 9.92. The summed E-state index contributed by atoms with van der Waals surface area (Å²) in [6.45, 7) is 0.478. The van der Waals surface area contributed by atoms with Gasteiger partial charge in [-0.1, -0.05) is 42.5 Å². The zero-order valence-electron chi connectivity index (χ0n) is 16.5. The van der Waals surface area contributed by atoms with Crippen LogP contribution in [0.3, 0.4) is 0 Å². The maximum Gasteiger partial charge on any atom is 0.344 e. The Morgan fingerprint density at radius 1 is 0.742 bits per heavy atom. The predicted molar refractivity (Wildman–Crippen MR) is 112 cm³/mol. The number of hydrogen-bond acceptors (Lipinski definition) is 6. The van der Waals surface area contributed by atoms with Crippen LogP contribution in [0.2, 0.25) is 0 Å². The lowest BCUT2D eigenvalue weighted by atomic mass is 10.0. The minimum atomic E-state index is -0.458. The summed E-state index contributed by atoms with van der Waals surface area (Å²) in [7, 11) is 0. The van der Waals surface area contributed by atoms with E-state index in [9.17, 15) is 9.59 Å². The maximum absolute atomic E-state index is 12.6. The van der Waals surface area contributed by atoms with Crippen LogP contribution < -0.4 is 24.6 Å². The Kier molecular flexibility index (Phi) is 4.76. The smallest absolute Gasteiger partial charge is 0.344 e. The molecule has 0 saturated carbocycles. The molecule has 31 heavy (non-hydrogen) atoms. The number of rotatable bonds is 6. The van der Waals surface area contributed by atoms with E-state index in [4.69, 9.17) is 19.3 Å². The highest BCUT2D eigenvalue weighted by atomic mass is 16.5. The third-order valence-electron chi connectivity index (χ3n) is 5.21.